The molecule has 1 unspecified atom stereocenters. The molecule has 0 spiro atoms. The predicted octanol–water partition coefficient (Wildman–Crippen LogP) is 0.953. The van der Waals surface area contributed by atoms with E-state index in [-0.39, 0.29) is 30.3 Å². The summed E-state index contributed by atoms with van der Waals surface area (Å²) in [6.07, 6.45) is 0.952. The molecule has 0 saturated carbocycles. The SMILES string of the molecule is COc1ccc(CCNC(=O)CC2C(=O)NCCN2C(C)C)cc1. The van der Waals surface area contributed by atoms with Gasteiger partial charge in [0.25, 0.3) is 0 Å². The lowest BCUT2D eigenvalue weighted by molar-refractivity contribution is -0.134. The minimum Gasteiger partial charge on any atom is -0.497 e. The molecule has 1 aliphatic rings. The molecule has 1 aliphatic heterocycles. The topological polar surface area (TPSA) is 70.7 Å². The van der Waals surface area contributed by atoms with E-state index < -0.39 is 0 Å². The van der Waals surface area contributed by atoms with Gasteiger partial charge in [0.1, 0.15) is 5.75 Å². The van der Waals surface area contributed by atoms with Crippen LogP contribution in [0, 0.1) is 0 Å². The maximum atomic E-state index is 12.2. The zero-order valence-electron chi connectivity index (χ0n) is 14.7. The standard InChI is InChI=1S/C18H27N3O3/c1-13(2)21-11-10-20-18(23)16(21)12-17(22)19-9-8-14-4-6-15(24-3)7-5-14/h4-7,13,16H,8-12H2,1-3H3,(H,19,22)(H,20,23). The van der Waals surface area contributed by atoms with Crippen molar-refractivity contribution in [3.8, 4) is 5.75 Å². The molecule has 6 heteroatoms. The van der Waals surface area contributed by atoms with E-state index in [1.807, 2.05) is 38.1 Å². The summed E-state index contributed by atoms with van der Waals surface area (Å²) in [6.45, 7) is 6.08. The molecular formula is C18H27N3O3. The van der Waals surface area contributed by atoms with Gasteiger partial charge in [0.05, 0.1) is 19.6 Å². The summed E-state index contributed by atoms with van der Waals surface area (Å²) in [5, 5.41) is 5.75. The Balaban J connectivity index is 1.80. The van der Waals surface area contributed by atoms with Crippen molar-refractivity contribution in [1.29, 1.82) is 0 Å². The molecule has 2 amide bonds. The number of nitrogens with one attached hydrogen (secondary N) is 2. The molecule has 1 fully saturated rings. The van der Waals surface area contributed by atoms with E-state index in [1.165, 1.54) is 0 Å². The Kier molecular flexibility index (Phi) is 6.61. The van der Waals surface area contributed by atoms with Crippen LogP contribution in [-0.2, 0) is 16.0 Å². The minimum atomic E-state index is -0.375. The number of hydrogen-bond acceptors (Lipinski definition) is 4. The van der Waals surface area contributed by atoms with E-state index in [4.69, 9.17) is 4.74 Å². The van der Waals surface area contributed by atoms with Gasteiger partial charge in [-0.25, -0.2) is 0 Å². The first-order chi connectivity index (χ1) is 11.5. The molecule has 1 aromatic rings. The number of benzene rings is 1. The van der Waals surface area contributed by atoms with E-state index in [0.717, 1.165) is 24.3 Å². The number of carbonyl (C=O) groups is 2. The average molecular weight is 333 g/mol. The summed E-state index contributed by atoms with van der Waals surface area (Å²) >= 11 is 0. The van der Waals surface area contributed by atoms with Crippen LogP contribution in [0.25, 0.3) is 0 Å². The molecule has 0 aromatic heterocycles. The number of ether oxygens (including phenoxy) is 1. The van der Waals surface area contributed by atoms with Crippen molar-refractivity contribution in [3.63, 3.8) is 0 Å². The maximum absolute atomic E-state index is 12.2. The van der Waals surface area contributed by atoms with Crippen LogP contribution in [0.1, 0.15) is 25.8 Å². The highest BCUT2D eigenvalue weighted by Crippen LogP contribution is 2.13. The fraction of sp³-hybridized carbons (Fsp3) is 0.556. The van der Waals surface area contributed by atoms with Gasteiger partial charge in [0.15, 0.2) is 0 Å². The van der Waals surface area contributed by atoms with Crippen molar-refractivity contribution in [2.75, 3.05) is 26.7 Å². The summed E-state index contributed by atoms with van der Waals surface area (Å²) in [5.41, 5.74) is 1.13. The summed E-state index contributed by atoms with van der Waals surface area (Å²) in [6, 6.07) is 7.65. The van der Waals surface area contributed by atoms with Crippen molar-refractivity contribution in [2.24, 2.45) is 0 Å². The van der Waals surface area contributed by atoms with Gasteiger partial charge in [0.2, 0.25) is 11.8 Å². The van der Waals surface area contributed by atoms with Crippen LogP contribution in [0.5, 0.6) is 5.75 Å². The molecule has 1 aromatic carbocycles. The average Bonchev–Trinajstić information content (AvgIpc) is 2.57. The first-order valence-electron chi connectivity index (χ1n) is 8.44. The second-order valence-electron chi connectivity index (χ2n) is 6.29. The number of carbonyl (C=O) groups excluding carboxylic acids is 2. The van der Waals surface area contributed by atoms with Crippen LogP contribution >= 0.6 is 0 Å². The number of nitrogens with zero attached hydrogens (tertiary/aromatic N) is 1. The fourth-order valence-electron chi connectivity index (χ4n) is 2.95. The van der Waals surface area contributed by atoms with Gasteiger partial charge in [-0.3, -0.25) is 14.5 Å². The lowest BCUT2D eigenvalue weighted by Crippen LogP contribution is -2.58. The molecule has 0 radical (unpaired) electrons. The quantitative estimate of drug-likeness (QED) is 0.779. The summed E-state index contributed by atoms with van der Waals surface area (Å²) in [5.74, 6) is 0.677. The lowest BCUT2D eigenvalue weighted by Gasteiger charge is -2.37. The summed E-state index contributed by atoms with van der Waals surface area (Å²) in [4.78, 5) is 26.3. The van der Waals surface area contributed by atoms with Gasteiger partial charge in [-0.1, -0.05) is 12.1 Å². The van der Waals surface area contributed by atoms with Crippen molar-refractivity contribution in [2.45, 2.75) is 38.8 Å². The Hall–Kier alpha value is -2.08. The Morgan fingerprint density at radius 1 is 1.38 bits per heavy atom. The van der Waals surface area contributed by atoms with Crippen molar-refractivity contribution in [3.05, 3.63) is 29.8 Å². The second-order valence-corrected chi connectivity index (χ2v) is 6.29. The van der Waals surface area contributed by atoms with Gasteiger partial charge in [-0.15, -0.1) is 0 Å². The molecule has 1 atom stereocenters. The fourth-order valence-corrected chi connectivity index (χ4v) is 2.95. The zero-order chi connectivity index (χ0) is 17.5. The predicted molar refractivity (Wildman–Crippen MR) is 93.0 cm³/mol. The Labute approximate surface area is 143 Å². The molecule has 2 rings (SSSR count). The third-order valence-corrected chi connectivity index (χ3v) is 4.31. The van der Waals surface area contributed by atoms with Crippen LogP contribution in [-0.4, -0.2) is 55.5 Å². The van der Waals surface area contributed by atoms with Crippen molar-refractivity contribution < 1.29 is 14.3 Å². The van der Waals surface area contributed by atoms with Gasteiger partial charge < -0.3 is 15.4 Å². The Bertz CT molecular complexity index is 557. The van der Waals surface area contributed by atoms with Gasteiger partial charge in [-0.2, -0.15) is 0 Å². The van der Waals surface area contributed by atoms with E-state index >= 15 is 0 Å². The largest absolute Gasteiger partial charge is 0.497 e. The normalized spacial score (nSPS) is 18.3. The van der Waals surface area contributed by atoms with Crippen LogP contribution < -0.4 is 15.4 Å². The van der Waals surface area contributed by atoms with Crippen LogP contribution in [0.3, 0.4) is 0 Å². The Morgan fingerprint density at radius 2 is 2.08 bits per heavy atom. The summed E-state index contributed by atoms with van der Waals surface area (Å²) < 4.78 is 5.12. The van der Waals surface area contributed by atoms with Crippen LogP contribution in [0.2, 0.25) is 0 Å². The molecule has 2 N–H and O–H groups in total. The molecule has 0 bridgehead atoms. The third kappa shape index (κ3) is 4.96. The highest BCUT2D eigenvalue weighted by molar-refractivity contribution is 5.88. The molecule has 1 saturated heterocycles. The lowest BCUT2D eigenvalue weighted by atomic mass is 10.1. The highest BCUT2D eigenvalue weighted by atomic mass is 16.5. The first-order valence-corrected chi connectivity index (χ1v) is 8.44. The Morgan fingerprint density at radius 3 is 2.71 bits per heavy atom. The van der Waals surface area contributed by atoms with E-state index in [0.29, 0.717) is 13.1 Å². The third-order valence-electron chi connectivity index (χ3n) is 4.31. The van der Waals surface area contributed by atoms with Gasteiger partial charge in [0, 0.05) is 25.7 Å². The first kappa shape index (κ1) is 18.3. The number of hydrogen-bond donors (Lipinski definition) is 2. The molecule has 24 heavy (non-hydrogen) atoms. The number of rotatable bonds is 7. The van der Waals surface area contributed by atoms with Crippen LogP contribution in [0.15, 0.2) is 24.3 Å². The van der Waals surface area contributed by atoms with Gasteiger partial charge in [-0.05, 0) is 38.0 Å². The molecular weight excluding hydrogens is 306 g/mol. The van der Waals surface area contributed by atoms with Crippen molar-refractivity contribution in [1.82, 2.24) is 15.5 Å². The second kappa shape index (κ2) is 8.68. The monoisotopic (exact) mass is 333 g/mol. The molecule has 0 aliphatic carbocycles. The van der Waals surface area contributed by atoms with E-state index in [2.05, 4.69) is 15.5 Å². The van der Waals surface area contributed by atoms with Gasteiger partial charge >= 0.3 is 0 Å². The molecule has 1 heterocycles. The summed E-state index contributed by atoms with van der Waals surface area (Å²) in [7, 11) is 1.64. The smallest absolute Gasteiger partial charge is 0.237 e. The molecule has 6 nitrogen and oxygen atoms in total. The number of piperazine rings is 1. The van der Waals surface area contributed by atoms with Crippen molar-refractivity contribution >= 4 is 11.8 Å². The molecule has 132 valence electrons. The highest BCUT2D eigenvalue weighted by Gasteiger charge is 2.32. The number of methoxy groups -OCH3 is 1. The van der Waals surface area contributed by atoms with E-state index in [9.17, 15) is 9.59 Å². The van der Waals surface area contributed by atoms with E-state index in [1.54, 1.807) is 7.11 Å². The minimum absolute atomic E-state index is 0.0553. The zero-order valence-corrected chi connectivity index (χ0v) is 14.7. The van der Waals surface area contributed by atoms with Crippen LogP contribution in [0.4, 0.5) is 0 Å². The number of amides is 2. The maximum Gasteiger partial charge on any atom is 0.237 e.